The number of carbonyl (C=O) groups is 2. The SMILES string of the molecule is O=C(Cc1coc2cc(O)ccc12)OCC(=O)N1c2ccccc2SC[C@@H]1c1ccccc1. The van der Waals surface area contributed by atoms with E-state index in [1.807, 2.05) is 54.6 Å². The minimum atomic E-state index is -0.518. The highest BCUT2D eigenvalue weighted by molar-refractivity contribution is 7.99. The fourth-order valence-electron chi connectivity index (χ4n) is 4.05. The van der Waals surface area contributed by atoms with Crippen LogP contribution in [0.15, 0.2) is 88.4 Å². The van der Waals surface area contributed by atoms with Crippen LogP contribution in [0.2, 0.25) is 0 Å². The fourth-order valence-corrected chi connectivity index (χ4v) is 5.21. The molecule has 0 radical (unpaired) electrons. The van der Waals surface area contributed by atoms with Crippen molar-refractivity contribution in [1.82, 2.24) is 0 Å². The zero-order valence-electron chi connectivity index (χ0n) is 17.6. The minimum Gasteiger partial charge on any atom is -0.508 e. The number of nitrogens with zero attached hydrogens (tertiary/aromatic N) is 1. The zero-order chi connectivity index (χ0) is 22.8. The Morgan fingerprint density at radius 1 is 1.06 bits per heavy atom. The summed E-state index contributed by atoms with van der Waals surface area (Å²) in [5.41, 5.74) is 2.99. The number of thioether (sulfide) groups is 1. The van der Waals surface area contributed by atoms with Crippen LogP contribution in [0.3, 0.4) is 0 Å². The van der Waals surface area contributed by atoms with Gasteiger partial charge in [-0.25, -0.2) is 0 Å². The number of hydrogen-bond donors (Lipinski definition) is 1. The van der Waals surface area contributed by atoms with Gasteiger partial charge < -0.3 is 14.3 Å². The van der Waals surface area contributed by atoms with E-state index >= 15 is 0 Å². The van der Waals surface area contributed by atoms with E-state index in [1.165, 1.54) is 18.4 Å². The van der Waals surface area contributed by atoms with Gasteiger partial charge in [0.2, 0.25) is 0 Å². The highest BCUT2D eigenvalue weighted by atomic mass is 32.2. The van der Waals surface area contributed by atoms with Crippen LogP contribution >= 0.6 is 11.8 Å². The lowest BCUT2D eigenvalue weighted by Crippen LogP contribution is -2.41. The second-order valence-electron chi connectivity index (χ2n) is 7.75. The fraction of sp³-hybridized carbons (Fsp3) is 0.154. The van der Waals surface area contributed by atoms with Gasteiger partial charge in [-0.2, -0.15) is 0 Å². The average molecular weight is 460 g/mol. The Labute approximate surface area is 194 Å². The van der Waals surface area contributed by atoms with Gasteiger partial charge in [-0.05, 0) is 29.8 Å². The number of furan rings is 1. The molecule has 3 aromatic carbocycles. The van der Waals surface area contributed by atoms with Gasteiger partial charge in [-0.1, -0.05) is 42.5 Å². The van der Waals surface area contributed by atoms with E-state index in [4.69, 9.17) is 9.15 Å². The number of phenolic OH excluding ortho intramolecular Hbond substituents is 1. The van der Waals surface area contributed by atoms with Crippen molar-refractivity contribution in [1.29, 1.82) is 0 Å². The van der Waals surface area contributed by atoms with Crippen molar-refractivity contribution in [3.63, 3.8) is 0 Å². The van der Waals surface area contributed by atoms with Crippen LogP contribution in [0.5, 0.6) is 5.75 Å². The third kappa shape index (κ3) is 4.32. The summed E-state index contributed by atoms with van der Waals surface area (Å²) in [6, 6.07) is 22.2. The first-order valence-corrected chi connectivity index (χ1v) is 11.5. The van der Waals surface area contributed by atoms with Crippen LogP contribution in [0.4, 0.5) is 5.69 Å². The lowest BCUT2D eigenvalue weighted by Gasteiger charge is -2.37. The summed E-state index contributed by atoms with van der Waals surface area (Å²) in [4.78, 5) is 28.6. The second kappa shape index (κ2) is 9.03. The molecule has 1 amide bonds. The molecule has 0 saturated carbocycles. The van der Waals surface area contributed by atoms with Crippen molar-refractivity contribution >= 4 is 40.3 Å². The lowest BCUT2D eigenvalue weighted by atomic mass is 10.1. The number of hydrogen-bond acceptors (Lipinski definition) is 6. The molecule has 1 N–H and O–H groups in total. The topological polar surface area (TPSA) is 80.0 Å². The first-order chi connectivity index (χ1) is 16.1. The molecule has 5 rings (SSSR count). The summed E-state index contributed by atoms with van der Waals surface area (Å²) in [6.45, 7) is -0.349. The Balaban J connectivity index is 1.32. The molecule has 1 aliphatic heterocycles. The molecular formula is C26H21NO5S. The van der Waals surface area contributed by atoms with E-state index in [0.717, 1.165) is 21.5 Å². The number of phenols is 1. The Kier molecular flexibility index (Phi) is 5.79. The molecule has 1 atom stereocenters. The predicted octanol–water partition coefficient (Wildman–Crippen LogP) is 5.10. The van der Waals surface area contributed by atoms with E-state index in [2.05, 4.69) is 0 Å². The van der Waals surface area contributed by atoms with Gasteiger partial charge in [0, 0.05) is 27.7 Å². The number of ether oxygens (including phenoxy) is 1. The lowest BCUT2D eigenvalue weighted by molar-refractivity contribution is -0.147. The molecule has 0 bridgehead atoms. The third-order valence-electron chi connectivity index (χ3n) is 5.62. The summed E-state index contributed by atoms with van der Waals surface area (Å²) in [6.07, 6.45) is 1.44. The number of anilines is 1. The number of aromatic hydroxyl groups is 1. The molecule has 4 aromatic rings. The van der Waals surface area contributed by atoms with Crippen LogP contribution < -0.4 is 4.90 Å². The second-order valence-corrected chi connectivity index (χ2v) is 8.81. The molecule has 0 saturated heterocycles. The Hall–Kier alpha value is -3.71. The molecule has 166 valence electrons. The van der Waals surface area contributed by atoms with E-state index in [9.17, 15) is 14.7 Å². The van der Waals surface area contributed by atoms with Crippen molar-refractivity contribution in [2.45, 2.75) is 17.4 Å². The Bertz CT molecular complexity index is 1320. The molecule has 1 aliphatic rings. The largest absolute Gasteiger partial charge is 0.508 e. The van der Waals surface area contributed by atoms with Gasteiger partial charge in [0.1, 0.15) is 11.3 Å². The molecule has 33 heavy (non-hydrogen) atoms. The van der Waals surface area contributed by atoms with Gasteiger partial charge in [0.25, 0.3) is 5.91 Å². The molecular weight excluding hydrogens is 438 g/mol. The molecule has 0 spiro atoms. The average Bonchev–Trinajstić information content (AvgIpc) is 3.23. The summed E-state index contributed by atoms with van der Waals surface area (Å²) in [5.74, 6) is 0.0145. The molecule has 2 heterocycles. The predicted molar refractivity (Wildman–Crippen MR) is 126 cm³/mol. The third-order valence-corrected chi connectivity index (χ3v) is 6.76. The monoisotopic (exact) mass is 459 g/mol. The standard InChI is InChI=1S/C26H21NO5S/c28-19-10-11-20-18(14-31-23(20)13-19)12-26(30)32-15-25(29)27-21-8-4-5-9-24(21)33-16-22(27)17-6-2-1-3-7-17/h1-11,13-14,22,28H,12,15-16H2/t22-/m1/s1. The van der Waals surface area contributed by atoms with Crippen LogP contribution in [-0.2, 0) is 20.7 Å². The van der Waals surface area contributed by atoms with E-state index in [-0.39, 0.29) is 30.7 Å². The molecule has 7 heteroatoms. The van der Waals surface area contributed by atoms with Crippen molar-refractivity contribution in [2.24, 2.45) is 0 Å². The first kappa shape index (κ1) is 21.2. The molecule has 1 aromatic heterocycles. The quantitative estimate of drug-likeness (QED) is 0.418. The smallest absolute Gasteiger partial charge is 0.310 e. The van der Waals surface area contributed by atoms with Crippen molar-refractivity contribution in [2.75, 3.05) is 17.3 Å². The van der Waals surface area contributed by atoms with Gasteiger partial charge in [-0.3, -0.25) is 14.5 Å². The maximum Gasteiger partial charge on any atom is 0.310 e. The Morgan fingerprint density at radius 3 is 2.70 bits per heavy atom. The van der Waals surface area contributed by atoms with Gasteiger partial charge in [-0.15, -0.1) is 11.8 Å². The van der Waals surface area contributed by atoms with E-state index in [1.54, 1.807) is 22.7 Å². The highest BCUT2D eigenvalue weighted by Crippen LogP contribution is 2.43. The van der Waals surface area contributed by atoms with Crippen LogP contribution in [0, 0.1) is 0 Å². The zero-order valence-corrected chi connectivity index (χ0v) is 18.5. The van der Waals surface area contributed by atoms with E-state index in [0.29, 0.717) is 16.9 Å². The van der Waals surface area contributed by atoms with Gasteiger partial charge in [0.15, 0.2) is 6.61 Å². The number of para-hydroxylation sites is 1. The van der Waals surface area contributed by atoms with Crippen LogP contribution in [0.25, 0.3) is 11.0 Å². The number of fused-ring (bicyclic) bond motifs is 2. The maximum atomic E-state index is 13.3. The number of rotatable bonds is 5. The molecule has 0 unspecified atom stereocenters. The summed E-state index contributed by atoms with van der Waals surface area (Å²) in [5, 5.41) is 10.3. The molecule has 6 nitrogen and oxygen atoms in total. The van der Waals surface area contributed by atoms with Crippen LogP contribution in [0.1, 0.15) is 17.2 Å². The molecule has 0 aliphatic carbocycles. The van der Waals surface area contributed by atoms with Crippen molar-refractivity contribution < 1.29 is 23.8 Å². The summed E-state index contributed by atoms with van der Waals surface area (Å²) < 4.78 is 10.8. The minimum absolute atomic E-state index is 0.0282. The van der Waals surface area contributed by atoms with Gasteiger partial charge >= 0.3 is 5.97 Å². The normalized spacial score (nSPS) is 15.3. The Morgan fingerprint density at radius 2 is 1.85 bits per heavy atom. The highest BCUT2D eigenvalue weighted by Gasteiger charge is 2.33. The van der Waals surface area contributed by atoms with E-state index < -0.39 is 5.97 Å². The van der Waals surface area contributed by atoms with Gasteiger partial charge in [0.05, 0.1) is 24.4 Å². The number of benzene rings is 3. The van der Waals surface area contributed by atoms with Crippen LogP contribution in [-0.4, -0.2) is 29.3 Å². The first-order valence-electron chi connectivity index (χ1n) is 10.5. The number of amides is 1. The maximum absolute atomic E-state index is 13.3. The summed E-state index contributed by atoms with van der Waals surface area (Å²) >= 11 is 1.71. The van der Waals surface area contributed by atoms with Crippen molar-refractivity contribution in [3.05, 3.63) is 90.2 Å². The summed E-state index contributed by atoms with van der Waals surface area (Å²) in [7, 11) is 0. The number of esters is 1. The number of carbonyl (C=O) groups excluding carboxylic acids is 2. The van der Waals surface area contributed by atoms with Crippen molar-refractivity contribution in [3.8, 4) is 5.75 Å². The molecule has 0 fully saturated rings.